The Morgan fingerprint density at radius 2 is 1.92 bits per heavy atom. The van der Waals surface area contributed by atoms with Gasteiger partial charge in [-0.15, -0.1) is 11.3 Å². The fourth-order valence-corrected chi connectivity index (χ4v) is 3.80. The monoisotopic (exact) mass is 376 g/mol. The van der Waals surface area contributed by atoms with E-state index >= 15 is 0 Å². The van der Waals surface area contributed by atoms with E-state index in [0.29, 0.717) is 48.1 Å². The number of nitrogens with one attached hydrogen (secondary N) is 1. The smallest absolute Gasteiger partial charge is 0.260 e. The molecule has 1 heterocycles. The van der Waals surface area contributed by atoms with E-state index in [4.69, 9.17) is 15.2 Å². The van der Waals surface area contributed by atoms with E-state index in [1.807, 2.05) is 20.8 Å². The van der Waals surface area contributed by atoms with Gasteiger partial charge in [0, 0.05) is 11.5 Å². The zero-order chi connectivity index (χ0) is 19.1. The third-order valence-electron chi connectivity index (χ3n) is 3.86. The standard InChI is InChI=1S/C19H24N2O4S/c1-4-13-12(3)26-19(16(13)17(20)22)21-18(23)14-8-6-7-9-15(14)25-11-10-24-5-2/h6-9H,4-5,10-11H2,1-3H3,(H2,20,22)(H,21,23). The van der Waals surface area contributed by atoms with Crippen LogP contribution in [0.15, 0.2) is 24.3 Å². The minimum absolute atomic E-state index is 0.344. The average molecular weight is 376 g/mol. The molecule has 0 unspecified atom stereocenters. The van der Waals surface area contributed by atoms with Crippen molar-refractivity contribution in [2.24, 2.45) is 5.73 Å². The van der Waals surface area contributed by atoms with Crippen LogP contribution in [0.5, 0.6) is 5.75 Å². The van der Waals surface area contributed by atoms with E-state index in [0.717, 1.165) is 10.4 Å². The normalized spacial score (nSPS) is 10.6. The predicted octanol–water partition coefficient (Wildman–Crippen LogP) is 3.39. The van der Waals surface area contributed by atoms with E-state index < -0.39 is 5.91 Å². The lowest BCUT2D eigenvalue weighted by molar-refractivity contribution is 0.0998. The molecule has 0 spiro atoms. The van der Waals surface area contributed by atoms with Gasteiger partial charge in [0.05, 0.1) is 17.7 Å². The zero-order valence-corrected chi connectivity index (χ0v) is 16.1. The van der Waals surface area contributed by atoms with Gasteiger partial charge in [-0.3, -0.25) is 9.59 Å². The minimum Gasteiger partial charge on any atom is -0.490 e. The van der Waals surface area contributed by atoms with E-state index in [2.05, 4.69) is 5.32 Å². The van der Waals surface area contributed by atoms with Crippen molar-refractivity contribution in [1.82, 2.24) is 0 Å². The number of para-hydroxylation sites is 1. The summed E-state index contributed by atoms with van der Waals surface area (Å²) in [6, 6.07) is 6.96. The first-order valence-electron chi connectivity index (χ1n) is 8.52. The lowest BCUT2D eigenvalue weighted by Gasteiger charge is -2.11. The summed E-state index contributed by atoms with van der Waals surface area (Å²) in [4.78, 5) is 25.6. The summed E-state index contributed by atoms with van der Waals surface area (Å²) in [7, 11) is 0. The fraction of sp³-hybridized carbons (Fsp3) is 0.368. The van der Waals surface area contributed by atoms with Crippen molar-refractivity contribution < 1.29 is 19.1 Å². The Morgan fingerprint density at radius 1 is 1.19 bits per heavy atom. The molecule has 0 radical (unpaired) electrons. The lowest BCUT2D eigenvalue weighted by Crippen LogP contribution is -2.18. The number of carbonyl (C=O) groups is 2. The molecular weight excluding hydrogens is 352 g/mol. The molecule has 0 fully saturated rings. The van der Waals surface area contributed by atoms with Crippen LogP contribution < -0.4 is 15.8 Å². The molecule has 1 aromatic carbocycles. The van der Waals surface area contributed by atoms with Gasteiger partial charge in [0.1, 0.15) is 17.4 Å². The summed E-state index contributed by atoms with van der Waals surface area (Å²) >= 11 is 1.35. The van der Waals surface area contributed by atoms with Gasteiger partial charge in [0.25, 0.3) is 11.8 Å². The van der Waals surface area contributed by atoms with Crippen LogP contribution in [0.3, 0.4) is 0 Å². The van der Waals surface area contributed by atoms with Crippen LogP contribution in [0.4, 0.5) is 5.00 Å². The first-order valence-corrected chi connectivity index (χ1v) is 9.34. The number of benzene rings is 1. The maximum absolute atomic E-state index is 12.7. The van der Waals surface area contributed by atoms with Crippen LogP contribution in [0, 0.1) is 6.92 Å². The van der Waals surface area contributed by atoms with Gasteiger partial charge in [0.15, 0.2) is 0 Å². The van der Waals surface area contributed by atoms with E-state index in [9.17, 15) is 9.59 Å². The van der Waals surface area contributed by atoms with Gasteiger partial charge in [-0.2, -0.15) is 0 Å². The number of aryl methyl sites for hydroxylation is 1. The summed E-state index contributed by atoms with van der Waals surface area (Å²) < 4.78 is 10.9. The number of primary amides is 1. The van der Waals surface area contributed by atoms with Crippen LogP contribution >= 0.6 is 11.3 Å². The van der Waals surface area contributed by atoms with Crippen molar-refractivity contribution in [1.29, 1.82) is 0 Å². The van der Waals surface area contributed by atoms with Crippen LogP contribution in [0.25, 0.3) is 0 Å². The highest BCUT2D eigenvalue weighted by atomic mass is 32.1. The molecule has 2 aromatic rings. The maximum Gasteiger partial charge on any atom is 0.260 e. The van der Waals surface area contributed by atoms with Gasteiger partial charge < -0.3 is 20.5 Å². The summed E-state index contributed by atoms with van der Waals surface area (Å²) in [6.07, 6.45) is 0.674. The molecule has 0 saturated carbocycles. The zero-order valence-electron chi connectivity index (χ0n) is 15.3. The Balaban J connectivity index is 2.22. The largest absolute Gasteiger partial charge is 0.490 e. The molecule has 0 aliphatic heterocycles. The van der Waals surface area contributed by atoms with Crippen molar-refractivity contribution in [2.45, 2.75) is 27.2 Å². The quantitative estimate of drug-likeness (QED) is 0.656. The highest BCUT2D eigenvalue weighted by molar-refractivity contribution is 7.16. The Kier molecular flexibility index (Phi) is 7.17. The SMILES string of the molecule is CCOCCOc1ccccc1C(=O)Nc1sc(C)c(CC)c1C(N)=O. The molecule has 3 N–H and O–H groups in total. The molecule has 6 nitrogen and oxygen atoms in total. The molecule has 0 atom stereocenters. The number of rotatable bonds is 9. The Hall–Kier alpha value is -2.38. The molecule has 2 rings (SSSR count). The second kappa shape index (κ2) is 9.35. The minimum atomic E-state index is -0.539. The molecular formula is C19H24N2O4S. The second-order valence-electron chi connectivity index (χ2n) is 5.55. The summed E-state index contributed by atoms with van der Waals surface area (Å²) in [5.41, 5.74) is 7.17. The number of nitrogens with two attached hydrogens (primary N) is 1. The Bertz CT molecular complexity index is 786. The number of thiophene rings is 1. The third kappa shape index (κ3) is 4.62. The number of ether oxygens (including phenoxy) is 2. The Labute approximate surface area is 157 Å². The number of hydrogen-bond acceptors (Lipinski definition) is 5. The average Bonchev–Trinajstić information content (AvgIpc) is 2.94. The highest BCUT2D eigenvalue weighted by Gasteiger charge is 2.22. The van der Waals surface area contributed by atoms with Crippen LogP contribution in [-0.2, 0) is 11.2 Å². The molecule has 2 amide bonds. The molecule has 0 aliphatic carbocycles. The fourth-order valence-electron chi connectivity index (χ4n) is 2.66. The van der Waals surface area contributed by atoms with Gasteiger partial charge in [-0.1, -0.05) is 19.1 Å². The molecule has 0 aliphatic rings. The molecule has 7 heteroatoms. The van der Waals surface area contributed by atoms with Crippen molar-refractivity contribution in [3.63, 3.8) is 0 Å². The first kappa shape index (κ1) is 19.9. The number of amides is 2. The number of hydrogen-bond donors (Lipinski definition) is 2. The molecule has 1 aromatic heterocycles. The predicted molar refractivity (Wildman–Crippen MR) is 103 cm³/mol. The van der Waals surface area contributed by atoms with E-state index in [-0.39, 0.29) is 5.91 Å². The highest BCUT2D eigenvalue weighted by Crippen LogP contribution is 2.34. The number of anilines is 1. The summed E-state index contributed by atoms with van der Waals surface area (Å²) in [5.74, 6) is -0.416. The maximum atomic E-state index is 12.7. The molecule has 0 bridgehead atoms. The lowest BCUT2D eigenvalue weighted by atomic mass is 10.1. The van der Waals surface area contributed by atoms with Crippen molar-refractivity contribution in [3.8, 4) is 5.75 Å². The van der Waals surface area contributed by atoms with Crippen LogP contribution in [0.1, 0.15) is 45.0 Å². The first-order chi connectivity index (χ1) is 12.5. The van der Waals surface area contributed by atoms with Crippen molar-refractivity contribution in [2.75, 3.05) is 25.1 Å². The molecule has 26 heavy (non-hydrogen) atoms. The van der Waals surface area contributed by atoms with Gasteiger partial charge in [-0.05, 0) is 38.0 Å². The van der Waals surface area contributed by atoms with Gasteiger partial charge >= 0.3 is 0 Å². The summed E-state index contributed by atoms with van der Waals surface area (Å²) in [6.45, 7) is 7.18. The van der Waals surface area contributed by atoms with Gasteiger partial charge in [-0.25, -0.2) is 0 Å². The van der Waals surface area contributed by atoms with E-state index in [1.165, 1.54) is 11.3 Å². The van der Waals surface area contributed by atoms with E-state index in [1.54, 1.807) is 24.3 Å². The second-order valence-corrected chi connectivity index (χ2v) is 6.78. The topological polar surface area (TPSA) is 90.7 Å². The van der Waals surface area contributed by atoms with Crippen molar-refractivity contribution in [3.05, 3.63) is 45.8 Å². The van der Waals surface area contributed by atoms with Crippen LogP contribution in [-0.4, -0.2) is 31.6 Å². The number of carbonyl (C=O) groups excluding carboxylic acids is 2. The Morgan fingerprint density at radius 3 is 2.58 bits per heavy atom. The summed E-state index contributed by atoms with van der Waals surface area (Å²) in [5, 5.41) is 3.29. The van der Waals surface area contributed by atoms with Gasteiger partial charge in [0.2, 0.25) is 0 Å². The van der Waals surface area contributed by atoms with Crippen molar-refractivity contribution >= 4 is 28.2 Å². The third-order valence-corrected chi connectivity index (χ3v) is 4.92. The van der Waals surface area contributed by atoms with Crippen LogP contribution in [0.2, 0.25) is 0 Å². The molecule has 140 valence electrons. The molecule has 0 saturated heterocycles.